The maximum atomic E-state index is 11.3. The van der Waals surface area contributed by atoms with Crippen LogP contribution in [0.5, 0.6) is 0 Å². The fraction of sp³-hybridized carbons (Fsp3) is 0.600. The van der Waals surface area contributed by atoms with E-state index in [0.29, 0.717) is 5.82 Å². The van der Waals surface area contributed by atoms with Crippen molar-refractivity contribution in [3.05, 3.63) is 11.8 Å². The minimum absolute atomic E-state index is 0.149. The zero-order valence-electron chi connectivity index (χ0n) is 8.86. The topological polar surface area (TPSA) is 72.9 Å². The van der Waals surface area contributed by atoms with Gasteiger partial charge in [0.25, 0.3) is 0 Å². The Morgan fingerprint density at radius 2 is 2.53 bits per heavy atom. The number of rotatable bonds is 3. The normalized spacial score (nSPS) is 20.6. The molecule has 1 aliphatic heterocycles. The zero-order valence-corrected chi connectivity index (χ0v) is 8.86. The molecule has 3 N–H and O–H groups in total. The first kappa shape index (κ1) is 10.0. The molecule has 0 aliphatic carbocycles. The first-order valence-corrected chi connectivity index (χ1v) is 5.24. The average Bonchev–Trinajstić information content (AvgIpc) is 2.72. The summed E-state index contributed by atoms with van der Waals surface area (Å²) in [5.41, 5.74) is 6.63. The summed E-state index contributed by atoms with van der Waals surface area (Å²) in [7, 11) is 0. The van der Waals surface area contributed by atoms with Crippen molar-refractivity contribution in [2.45, 2.75) is 26.3 Å². The van der Waals surface area contributed by atoms with Crippen molar-refractivity contribution in [2.24, 2.45) is 5.92 Å². The van der Waals surface area contributed by atoms with Gasteiger partial charge in [0.05, 0.1) is 0 Å². The molecule has 0 aromatic carbocycles. The molecule has 1 fully saturated rings. The van der Waals surface area contributed by atoms with E-state index < -0.39 is 0 Å². The van der Waals surface area contributed by atoms with Crippen LogP contribution in [0, 0.1) is 12.8 Å². The van der Waals surface area contributed by atoms with Crippen LogP contribution in [0.15, 0.2) is 6.20 Å². The molecule has 2 rings (SSSR count). The molecular weight excluding hydrogens is 192 g/mol. The van der Waals surface area contributed by atoms with Crippen LogP contribution >= 0.6 is 0 Å². The predicted octanol–water partition coefficient (Wildman–Crippen LogP) is 0.300. The Bertz CT molecular complexity index is 352. The smallest absolute Gasteiger partial charge is 0.223 e. The van der Waals surface area contributed by atoms with Gasteiger partial charge < -0.3 is 11.1 Å². The van der Waals surface area contributed by atoms with E-state index >= 15 is 0 Å². The summed E-state index contributed by atoms with van der Waals surface area (Å²) in [6.07, 6.45) is 3.70. The van der Waals surface area contributed by atoms with Gasteiger partial charge in [-0.3, -0.25) is 9.48 Å². The molecule has 82 valence electrons. The zero-order chi connectivity index (χ0) is 10.8. The van der Waals surface area contributed by atoms with E-state index in [1.54, 1.807) is 0 Å². The van der Waals surface area contributed by atoms with E-state index in [9.17, 15) is 4.79 Å². The first-order valence-electron chi connectivity index (χ1n) is 5.24. The highest BCUT2D eigenvalue weighted by molar-refractivity contribution is 5.80. The summed E-state index contributed by atoms with van der Waals surface area (Å²) in [5.74, 6) is 0.897. The predicted molar refractivity (Wildman–Crippen MR) is 57.1 cm³/mol. The number of nitrogen functional groups attached to an aromatic ring is 1. The van der Waals surface area contributed by atoms with Gasteiger partial charge in [-0.2, -0.15) is 5.10 Å². The first-order chi connectivity index (χ1) is 7.16. The minimum atomic E-state index is 0.149. The van der Waals surface area contributed by atoms with E-state index in [4.69, 9.17) is 5.73 Å². The van der Waals surface area contributed by atoms with Crippen molar-refractivity contribution >= 4 is 11.7 Å². The maximum absolute atomic E-state index is 11.3. The molecule has 15 heavy (non-hydrogen) atoms. The molecule has 1 aromatic heterocycles. The number of hydrogen-bond donors (Lipinski definition) is 2. The lowest BCUT2D eigenvalue weighted by Crippen LogP contribution is -2.20. The van der Waals surface area contributed by atoms with E-state index in [1.165, 1.54) is 0 Å². The van der Waals surface area contributed by atoms with Gasteiger partial charge in [-0.15, -0.1) is 0 Å². The van der Waals surface area contributed by atoms with Crippen LogP contribution < -0.4 is 11.1 Å². The molecule has 1 saturated heterocycles. The van der Waals surface area contributed by atoms with E-state index in [1.807, 2.05) is 17.8 Å². The fourth-order valence-corrected chi connectivity index (χ4v) is 1.86. The lowest BCUT2D eigenvalue weighted by molar-refractivity contribution is -0.122. The fourth-order valence-electron chi connectivity index (χ4n) is 1.86. The summed E-state index contributed by atoms with van der Waals surface area (Å²) < 4.78 is 1.82. The Morgan fingerprint density at radius 1 is 1.73 bits per heavy atom. The summed E-state index contributed by atoms with van der Waals surface area (Å²) in [5, 5.41) is 6.99. The minimum Gasteiger partial charge on any atom is -0.382 e. The molecule has 0 radical (unpaired) electrons. The molecule has 5 nitrogen and oxygen atoms in total. The van der Waals surface area contributed by atoms with Gasteiger partial charge in [0.1, 0.15) is 5.82 Å². The summed E-state index contributed by atoms with van der Waals surface area (Å²) >= 11 is 0. The van der Waals surface area contributed by atoms with Crippen molar-refractivity contribution in [3.8, 4) is 0 Å². The lowest BCUT2D eigenvalue weighted by atomic mass is 10.0. The molecular formula is C10H16N4O. The summed E-state index contributed by atoms with van der Waals surface area (Å²) in [6.45, 7) is 3.50. The van der Waals surface area contributed by atoms with Crippen LogP contribution in [0.3, 0.4) is 0 Å². The molecule has 1 aromatic rings. The largest absolute Gasteiger partial charge is 0.382 e. The van der Waals surface area contributed by atoms with E-state index in [2.05, 4.69) is 10.4 Å². The second kappa shape index (κ2) is 3.92. The number of nitrogens with one attached hydrogen (secondary N) is 1. The van der Waals surface area contributed by atoms with Crippen LogP contribution in [0.25, 0.3) is 0 Å². The highest BCUT2D eigenvalue weighted by Gasteiger charge is 2.23. The SMILES string of the molecule is Cc1cn(CCC2CCNC2=O)nc1N. The van der Waals surface area contributed by atoms with Crippen LogP contribution in [0.1, 0.15) is 18.4 Å². The van der Waals surface area contributed by atoms with E-state index in [0.717, 1.165) is 31.5 Å². The number of aryl methyl sites for hydroxylation is 2. The molecule has 5 heteroatoms. The Kier molecular flexibility index (Phi) is 2.62. The van der Waals surface area contributed by atoms with Crippen LogP contribution in [-0.2, 0) is 11.3 Å². The highest BCUT2D eigenvalue weighted by atomic mass is 16.2. The van der Waals surface area contributed by atoms with Crippen molar-refractivity contribution in [1.29, 1.82) is 0 Å². The highest BCUT2D eigenvalue weighted by Crippen LogP contribution is 2.15. The third-order valence-corrected chi connectivity index (χ3v) is 2.85. The second-order valence-electron chi connectivity index (χ2n) is 4.03. The number of nitrogens with two attached hydrogens (primary N) is 1. The lowest BCUT2D eigenvalue weighted by Gasteiger charge is -2.05. The Labute approximate surface area is 88.6 Å². The molecule has 2 heterocycles. The van der Waals surface area contributed by atoms with Crippen molar-refractivity contribution in [3.63, 3.8) is 0 Å². The Hall–Kier alpha value is -1.52. The van der Waals surface area contributed by atoms with Gasteiger partial charge in [-0.1, -0.05) is 0 Å². The molecule has 0 saturated carbocycles. The summed E-state index contributed by atoms with van der Waals surface area (Å²) in [4.78, 5) is 11.3. The number of amides is 1. The Balaban J connectivity index is 1.90. The van der Waals surface area contributed by atoms with Crippen molar-refractivity contribution in [2.75, 3.05) is 12.3 Å². The van der Waals surface area contributed by atoms with Crippen molar-refractivity contribution in [1.82, 2.24) is 15.1 Å². The molecule has 0 spiro atoms. The molecule has 1 aliphatic rings. The Morgan fingerprint density at radius 3 is 3.07 bits per heavy atom. The molecule has 1 unspecified atom stereocenters. The third-order valence-electron chi connectivity index (χ3n) is 2.85. The van der Waals surface area contributed by atoms with E-state index in [-0.39, 0.29) is 11.8 Å². The maximum Gasteiger partial charge on any atom is 0.223 e. The van der Waals surface area contributed by atoms with Crippen LogP contribution in [0.4, 0.5) is 5.82 Å². The monoisotopic (exact) mass is 208 g/mol. The van der Waals surface area contributed by atoms with Gasteiger partial charge in [-0.25, -0.2) is 0 Å². The number of carbonyl (C=O) groups excluding carboxylic acids is 1. The number of aromatic nitrogens is 2. The van der Waals surface area contributed by atoms with Gasteiger partial charge >= 0.3 is 0 Å². The number of nitrogens with zero attached hydrogens (tertiary/aromatic N) is 2. The molecule has 0 bridgehead atoms. The van der Waals surface area contributed by atoms with Crippen LogP contribution in [-0.4, -0.2) is 22.2 Å². The van der Waals surface area contributed by atoms with Gasteiger partial charge in [0.2, 0.25) is 5.91 Å². The van der Waals surface area contributed by atoms with Gasteiger partial charge in [-0.05, 0) is 19.8 Å². The van der Waals surface area contributed by atoms with Crippen LogP contribution in [0.2, 0.25) is 0 Å². The number of hydrogen-bond acceptors (Lipinski definition) is 3. The van der Waals surface area contributed by atoms with Gasteiger partial charge in [0.15, 0.2) is 0 Å². The summed E-state index contributed by atoms with van der Waals surface area (Å²) in [6, 6.07) is 0. The number of anilines is 1. The second-order valence-corrected chi connectivity index (χ2v) is 4.03. The standard InChI is InChI=1S/C10H16N4O/c1-7-6-14(13-9(7)11)5-3-8-2-4-12-10(8)15/h6,8H,2-5H2,1H3,(H2,11,13)(H,12,15). The molecule has 1 atom stereocenters. The molecule has 1 amide bonds. The van der Waals surface area contributed by atoms with Gasteiger partial charge in [0, 0.05) is 30.8 Å². The number of carbonyl (C=O) groups is 1. The quantitative estimate of drug-likeness (QED) is 0.750. The third kappa shape index (κ3) is 2.11. The van der Waals surface area contributed by atoms with Crippen molar-refractivity contribution < 1.29 is 4.79 Å². The average molecular weight is 208 g/mol.